The lowest BCUT2D eigenvalue weighted by Gasteiger charge is -2.46. The van der Waals surface area contributed by atoms with Crippen molar-refractivity contribution < 1.29 is 29.5 Å². The first kappa shape index (κ1) is 29.9. The monoisotopic (exact) mass is 602 g/mol. The van der Waals surface area contributed by atoms with Gasteiger partial charge in [0, 0.05) is 43.6 Å². The van der Waals surface area contributed by atoms with Crippen molar-refractivity contribution in [2.45, 2.75) is 106 Å². The molecule has 0 aromatic heterocycles. The average Bonchev–Trinajstić information content (AvgIpc) is 3.66. The van der Waals surface area contributed by atoms with Gasteiger partial charge in [0.2, 0.25) is 5.91 Å². The minimum atomic E-state index is -0.536. The van der Waals surface area contributed by atoms with Gasteiger partial charge in [-0.25, -0.2) is 0 Å². The normalized spacial score (nSPS) is 45.2. The Morgan fingerprint density at radius 3 is 2.70 bits per heavy atom. The molecule has 12 heteroatoms. The molecule has 12 atom stereocenters. The molecule has 12 nitrogen and oxygen atoms in total. The van der Waals surface area contributed by atoms with Gasteiger partial charge >= 0.3 is 0 Å². The molecule has 240 valence electrons. The molecule has 7 rings (SSSR count). The number of hydrogen-bond acceptors (Lipinski definition) is 10. The summed E-state index contributed by atoms with van der Waals surface area (Å²) in [5, 5.41) is 15.3. The molecule has 5 aliphatic heterocycles. The Morgan fingerprint density at radius 2 is 1.88 bits per heavy atom. The predicted molar refractivity (Wildman–Crippen MR) is 158 cm³/mol. The van der Waals surface area contributed by atoms with Gasteiger partial charge in [-0.05, 0) is 63.3 Å². The van der Waals surface area contributed by atoms with Crippen LogP contribution in [-0.4, -0.2) is 105 Å². The lowest BCUT2D eigenvalue weighted by molar-refractivity contribution is -0.431. The van der Waals surface area contributed by atoms with Crippen molar-refractivity contribution in [3.8, 4) is 0 Å². The van der Waals surface area contributed by atoms with Gasteiger partial charge in [-0.2, -0.15) is 0 Å². The molecule has 0 radical (unpaired) electrons. The molecule has 0 aromatic carbocycles. The van der Waals surface area contributed by atoms with Gasteiger partial charge < -0.3 is 35.9 Å². The van der Waals surface area contributed by atoms with Gasteiger partial charge in [0.15, 0.2) is 17.8 Å². The minimum absolute atomic E-state index is 0.0124. The molecule has 1 amide bonds. The van der Waals surface area contributed by atoms with Gasteiger partial charge in [0.25, 0.3) is 0 Å². The standard InChI is InChI=1S/C31H51N7O5/c32-22-3-1-2-4-23(22)36-25-6-5-19(30(33)40)31(37-25)35-18-13-17-7-8-34-27(17)20(14-18)21-16-42-29-24(39)15-26(43-28(21)29)38-9-11-41-12-10-38/h15,17-23,25,27-29,31,34-37H,1-14,16,32H2,(H2,33,40)/p+1/t17?,18?,19?,20?,21?,22-,23+,25?,27?,28?,29?,31?/m1/s1. The summed E-state index contributed by atoms with van der Waals surface area (Å²) >= 11 is 0. The van der Waals surface area contributed by atoms with Crippen LogP contribution in [0.2, 0.25) is 0 Å². The van der Waals surface area contributed by atoms with E-state index in [2.05, 4.69) is 31.9 Å². The Kier molecular flexibility index (Phi) is 8.97. The summed E-state index contributed by atoms with van der Waals surface area (Å²) in [5.74, 6) is 1.13. The number of carbonyl (C=O) groups excluding carboxylic acids is 2. The van der Waals surface area contributed by atoms with Crippen LogP contribution in [0.5, 0.6) is 0 Å². The lowest BCUT2D eigenvalue weighted by Crippen LogP contribution is -2.73. The fourth-order valence-corrected chi connectivity index (χ4v) is 9.25. The fourth-order valence-electron chi connectivity index (χ4n) is 9.25. The Balaban J connectivity index is 1.05. The Morgan fingerprint density at radius 1 is 1.05 bits per heavy atom. The summed E-state index contributed by atoms with van der Waals surface area (Å²) in [4.78, 5) is 27.9. The van der Waals surface area contributed by atoms with Gasteiger partial charge in [0.05, 0.1) is 50.2 Å². The average molecular weight is 603 g/mol. The zero-order valence-corrected chi connectivity index (χ0v) is 25.4. The number of quaternary nitrogens is 1. The van der Waals surface area contributed by atoms with Gasteiger partial charge in [-0.3, -0.25) is 25.5 Å². The number of fused-ring (bicyclic) bond motifs is 2. The maximum atomic E-state index is 13.2. The Hall–Kier alpha value is -1.80. The van der Waals surface area contributed by atoms with Crippen molar-refractivity contribution in [1.29, 1.82) is 0 Å². The minimum Gasteiger partial charge on any atom is -0.472 e. The maximum Gasteiger partial charge on any atom is 0.223 e. The summed E-state index contributed by atoms with van der Waals surface area (Å²) in [7, 11) is 0. The number of ketones is 1. The van der Waals surface area contributed by atoms with Crippen molar-refractivity contribution in [3.05, 3.63) is 12.0 Å². The molecule has 0 spiro atoms. The van der Waals surface area contributed by atoms with E-state index in [0.29, 0.717) is 55.7 Å². The molecule has 9 N–H and O–H groups in total. The second-order valence-electron chi connectivity index (χ2n) is 14.1. The van der Waals surface area contributed by atoms with E-state index in [9.17, 15) is 9.59 Å². The second-order valence-corrected chi connectivity index (χ2v) is 14.1. The predicted octanol–water partition coefficient (Wildman–Crippen LogP) is -1.23. The number of carbonyl (C=O) groups is 2. The third kappa shape index (κ3) is 6.21. The number of morpholine rings is 1. The van der Waals surface area contributed by atoms with Crippen molar-refractivity contribution in [3.63, 3.8) is 0 Å². The maximum absolute atomic E-state index is 13.2. The molecule has 5 heterocycles. The van der Waals surface area contributed by atoms with Crippen LogP contribution in [0, 0.1) is 23.7 Å². The van der Waals surface area contributed by atoms with E-state index in [1.165, 1.54) is 19.3 Å². The Bertz CT molecular complexity index is 1060. The fraction of sp³-hybridized carbons (Fsp3) is 0.871. The highest BCUT2D eigenvalue weighted by molar-refractivity contribution is 5.95. The molecule has 2 aliphatic carbocycles. The van der Waals surface area contributed by atoms with E-state index in [1.54, 1.807) is 6.08 Å². The number of nitrogens with one attached hydrogen (secondary N) is 4. The zero-order chi connectivity index (χ0) is 29.5. The van der Waals surface area contributed by atoms with Crippen LogP contribution >= 0.6 is 0 Å². The highest BCUT2D eigenvalue weighted by Crippen LogP contribution is 2.45. The third-order valence-corrected chi connectivity index (χ3v) is 11.5. The number of amides is 1. The molecule has 6 fully saturated rings. The smallest absolute Gasteiger partial charge is 0.223 e. The number of primary amides is 1. The zero-order valence-electron chi connectivity index (χ0n) is 25.4. The second kappa shape index (κ2) is 12.9. The molecule has 43 heavy (non-hydrogen) atoms. The summed E-state index contributed by atoms with van der Waals surface area (Å²) in [6, 6.07) is 1.44. The SMILES string of the molecule is NC(=O)C1CCC(N[C@H]2CCCC[C@H]2[NH3+])NC1NC1CC2CCNC2C(C2COC3C(=O)C=C(N4CCOCC4)OC32)C1. The van der Waals surface area contributed by atoms with Gasteiger partial charge in [-0.15, -0.1) is 0 Å². The quantitative estimate of drug-likeness (QED) is 0.208. The lowest BCUT2D eigenvalue weighted by atomic mass is 9.68. The van der Waals surface area contributed by atoms with E-state index >= 15 is 0 Å². The largest absolute Gasteiger partial charge is 0.472 e. The molecule has 0 bridgehead atoms. The van der Waals surface area contributed by atoms with Crippen LogP contribution in [0.4, 0.5) is 0 Å². The van der Waals surface area contributed by atoms with Crippen LogP contribution in [0.25, 0.3) is 0 Å². The van der Waals surface area contributed by atoms with E-state index in [0.717, 1.165) is 58.2 Å². The number of ether oxygens (including phenoxy) is 3. The number of piperidine rings is 1. The molecule has 4 saturated heterocycles. The molecule has 2 saturated carbocycles. The molecular weight excluding hydrogens is 550 g/mol. The van der Waals surface area contributed by atoms with Crippen LogP contribution in [0.15, 0.2) is 12.0 Å². The first-order valence-corrected chi connectivity index (χ1v) is 16.9. The number of nitrogens with zero attached hydrogens (tertiary/aromatic N) is 1. The van der Waals surface area contributed by atoms with Gasteiger partial charge in [-0.1, -0.05) is 6.42 Å². The van der Waals surface area contributed by atoms with Crippen LogP contribution in [-0.2, 0) is 23.8 Å². The van der Waals surface area contributed by atoms with Crippen molar-refractivity contribution in [2.75, 3.05) is 39.5 Å². The third-order valence-electron chi connectivity index (χ3n) is 11.5. The van der Waals surface area contributed by atoms with Crippen molar-refractivity contribution >= 4 is 11.7 Å². The topological polar surface area (TPSA) is 167 Å². The van der Waals surface area contributed by atoms with Crippen LogP contribution in [0.1, 0.15) is 57.8 Å². The summed E-state index contributed by atoms with van der Waals surface area (Å²) in [5.41, 5.74) is 10.3. The Labute approximate surface area is 254 Å². The molecule has 10 unspecified atom stereocenters. The van der Waals surface area contributed by atoms with E-state index in [1.807, 2.05) is 0 Å². The molecule has 7 aliphatic rings. The number of hydrogen-bond donors (Lipinski definition) is 6. The highest BCUT2D eigenvalue weighted by Gasteiger charge is 2.54. The first-order chi connectivity index (χ1) is 20.9. The highest BCUT2D eigenvalue weighted by atomic mass is 16.6. The molecular formula is C31H52N7O5+. The summed E-state index contributed by atoms with van der Waals surface area (Å²) in [6.07, 6.45) is 10.4. The van der Waals surface area contributed by atoms with Crippen LogP contribution < -0.4 is 32.7 Å². The summed E-state index contributed by atoms with van der Waals surface area (Å²) in [6.45, 7) is 4.27. The van der Waals surface area contributed by atoms with Crippen LogP contribution in [0.3, 0.4) is 0 Å². The van der Waals surface area contributed by atoms with Gasteiger partial charge in [0.1, 0.15) is 6.10 Å². The number of nitrogens with two attached hydrogens (primary N) is 1. The van der Waals surface area contributed by atoms with E-state index in [-0.39, 0.29) is 48.0 Å². The number of rotatable bonds is 7. The van der Waals surface area contributed by atoms with E-state index in [4.69, 9.17) is 19.9 Å². The van der Waals surface area contributed by atoms with Crippen molar-refractivity contribution in [1.82, 2.24) is 26.2 Å². The molecule has 0 aromatic rings. The van der Waals surface area contributed by atoms with Crippen molar-refractivity contribution in [2.24, 2.45) is 29.4 Å². The first-order valence-electron chi connectivity index (χ1n) is 16.9. The van der Waals surface area contributed by atoms with E-state index < -0.39 is 6.10 Å². The summed E-state index contributed by atoms with van der Waals surface area (Å²) < 4.78 is 18.3.